The van der Waals surface area contributed by atoms with E-state index < -0.39 is 4.92 Å². The molecule has 3 rings (SSSR count). The predicted octanol–water partition coefficient (Wildman–Crippen LogP) is 0.616. The van der Waals surface area contributed by atoms with Gasteiger partial charge in [-0.1, -0.05) is 11.3 Å². The normalized spacial score (nSPS) is 19.2. The highest BCUT2D eigenvalue weighted by Gasteiger charge is 2.34. The highest BCUT2D eigenvalue weighted by atomic mass is 32.1. The van der Waals surface area contributed by atoms with Crippen molar-refractivity contribution in [3.8, 4) is 0 Å². The summed E-state index contributed by atoms with van der Waals surface area (Å²) >= 11 is 1.33. The molecule has 1 atom stereocenters. The van der Waals surface area contributed by atoms with Crippen molar-refractivity contribution in [3.63, 3.8) is 0 Å². The Balaban J connectivity index is 2.01. The Kier molecular flexibility index (Phi) is 2.63. The zero-order valence-corrected chi connectivity index (χ0v) is 10.7. The number of rotatable bonds is 3. The van der Waals surface area contributed by atoms with E-state index in [-0.39, 0.29) is 17.6 Å². The molecule has 1 saturated heterocycles. The number of hydrogen-bond donors (Lipinski definition) is 1. The minimum atomic E-state index is -0.445. The van der Waals surface area contributed by atoms with Gasteiger partial charge in [-0.3, -0.25) is 4.79 Å². The van der Waals surface area contributed by atoms with Crippen LogP contribution in [0.5, 0.6) is 0 Å². The number of carbonyl (C=O) groups excluding carboxylic acids is 1. The van der Waals surface area contributed by atoms with E-state index in [2.05, 4.69) is 4.98 Å². The number of imidazole rings is 1. The Labute approximate surface area is 111 Å². The van der Waals surface area contributed by atoms with Crippen LogP contribution in [0.15, 0.2) is 11.6 Å². The minimum absolute atomic E-state index is 0.0543. The third kappa shape index (κ3) is 1.82. The standard InChI is InChI=1S/C10H11N5O3S/c11-7(16)6-1-2-13(5-6)8-9(15(17)18)14-3-4-19-10(14)12-8/h3-4,6H,1-2,5H2,(H2,11,16). The molecule has 8 nitrogen and oxygen atoms in total. The maximum atomic E-state index is 11.2. The molecule has 1 aliphatic rings. The number of amides is 1. The van der Waals surface area contributed by atoms with Crippen LogP contribution < -0.4 is 10.6 Å². The number of aromatic nitrogens is 2. The first-order valence-corrected chi connectivity index (χ1v) is 6.60. The molecule has 2 aromatic rings. The molecule has 0 spiro atoms. The van der Waals surface area contributed by atoms with Gasteiger partial charge in [0.1, 0.15) is 6.20 Å². The molecule has 0 aromatic carbocycles. The summed E-state index contributed by atoms with van der Waals surface area (Å²) in [6.07, 6.45) is 2.23. The lowest BCUT2D eigenvalue weighted by molar-refractivity contribution is -0.389. The van der Waals surface area contributed by atoms with Crippen molar-refractivity contribution in [1.82, 2.24) is 9.38 Å². The summed E-state index contributed by atoms with van der Waals surface area (Å²) in [7, 11) is 0. The maximum Gasteiger partial charge on any atom is 0.373 e. The van der Waals surface area contributed by atoms with E-state index in [9.17, 15) is 14.9 Å². The zero-order valence-electron chi connectivity index (χ0n) is 9.85. The Hall–Kier alpha value is -2.16. The Bertz CT molecular complexity index is 663. The maximum absolute atomic E-state index is 11.2. The average Bonchev–Trinajstić information content (AvgIpc) is 3.02. The fraction of sp³-hybridized carbons (Fsp3) is 0.400. The van der Waals surface area contributed by atoms with E-state index in [0.717, 1.165) is 0 Å². The molecular formula is C10H11N5O3S. The lowest BCUT2D eigenvalue weighted by Crippen LogP contribution is -2.27. The van der Waals surface area contributed by atoms with Gasteiger partial charge in [0.2, 0.25) is 11.7 Å². The summed E-state index contributed by atoms with van der Waals surface area (Å²) in [5, 5.41) is 12.9. The van der Waals surface area contributed by atoms with Crippen LogP contribution in [0.2, 0.25) is 0 Å². The second-order valence-electron chi connectivity index (χ2n) is 4.41. The van der Waals surface area contributed by atoms with E-state index >= 15 is 0 Å². The van der Waals surface area contributed by atoms with Crippen molar-refractivity contribution in [2.45, 2.75) is 6.42 Å². The van der Waals surface area contributed by atoms with Crippen LogP contribution in [0.1, 0.15) is 6.42 Å². The lowest BCUT2D eigenvalue weighted by atomic mass is 10.1. The predicted molar refractivity (Wildman–Crippen MR) is 69.2 cm³/mol. The summed E-state index contributed by atoms with van der Waals surface area (Å²) in [6.45, 7) is 0.945. The molecule has 0 radical (unpaired) electrons. The van der Waals surface area contributed by atoms with Gasteiger partial charge in [0.25, 0.3) is 4.96 Å². The number of fused-ring (bicyclic) bond motifs is 1. The van der Waals surface area contributed by atoms with Crippen molar-refractivity contribution in [3.05, 3.63) is 21.7 Å². The summed E-state index contributed by atoms with van der Waals surface area (Å²) in [5.74, 6) is -0.368. The molecule has 2 N–H and O–H groups in total. The Morgan fingerprint density at radius 3 is 3.05 bits per heavy atom. The first-order chi connectivity index (χ1) is 9.08. The highest BCUT2D eigenvalue weighted by molar-refractivity contribution is 7.15. The number of hydrogen-bond acceptors (Lipinski definition) is 6. The van der Waals surface area contributed by atoms with Crippen molar-refractivity contribution >= 4 is 33.8 Å². The number of nitrogens with zero attached hydrogens (tertiary/aromatic N) is 4. The molecule has 3 heterocycles. The molecule has 0 saturated carbocycles. The Morgan fingerprint density at radius 1 is 1.63 bits per heavy atom. The third-order valence-corrected chi connectivity index (χ3v) is 4.04. The fourth-order valence-corrected chi connectivity index (χ4v) is 3.03. The van der Waals surface area contributed by atoms with E-state index in [1.165, 1.54) is 15.7 Å². The first-order valence-electron chi connectivity index (χ1n) is 5.72. The first kappa shape index (κ1) is 11.9. The van der Waals surface area contributed by atoms with Gasteiger partial charge in [-0.2, -0.15) is 9.38 Å². The third-order valence-electron chi connectivity index (χ3n) is 3.28. The van der Waals surface area contributed by atoms with Gasteiger partial charge in [0.15, 0.2) is 0 Å². The van der Waals surface area contributed by atoms with Crippen LogP contribution in [-0.4, -0.2) is 33.3 Å². The Morgan fingerprint density at radius 2 is 2.42 bits per heavy atom. The smallest absolute Gasteiger partial charge is 0.369 e. The largest absolute Gasteiger partial charge is 0.373 e. The van der Waals surface area contributed by atoms with Crippen molar-refractivity contribution in [2.75, 3.05) is 18.0 Å². The van der Waals surface area contributed by atoms with Gasteiger partial charge in [-0.25, -0.2) is 0 Å². The van der Waals surface area contributed by atoms with Gasteiger partial charge in [0.05, 0.1) is 5.92 Å². The van der Waals surface area contributed by atoms with Crippen LogP contribution in [0.3, 0.4) is 0 Å². The molecule has 1 unspecified atom stereocenters. The topological polar surface area (TPSA) is 107 Å². The van der Waals surface area contributed by atoms with Crippen molar-refractivity contribution in [2.24, 2.45) is 11.7 Å². The van der Waals surface area contributed by atoms with Crippen molar-refractivity contribution < 1.29 is 9.72 Å². The molecule has 1 aliphatic heterocycles. The molecule has 2 aromatic heterocycles. The summed E-state index contributed by atoms with van der Waals surface area (Å²) in [6, 6.07) is 0. The average molecular weight is 281 g/mol. The minimum Gasteiger partial charge on any atom is -0.369 e. The number of anilines is 1. The second-order valence-corrected chi connectivity index (χ2v) is 5.28. The van der Waals surface area contributed by atoms with Crippen molar-refractivity contribution in [1.29, 1.82) is 0 Å². The molecular weight excluding hydrogens is 270 g/mol. The number of nitro groups is 1. The molecule has 1 amide bonds. The van der Waals surface area contributed by atoms with Crippen LogP contribution >= 0.6 is 11.3 Å². The van der Waals surface area contributed by atoms with Crippen LogP contribution in [0, 0.1) is 16.0 Å². The SMILES string of the molecule is NC(=O)C1CCN(c2nc3sccn3c2[N+](=O)[O-])C1. The number of primary amides is 1. The summed E-state index contributed by atoms with van der Waals surface area (Å²) in [4.78, 5) is 28.5. The molecule has 9 heteroatoms. The van der Waals surface area contributed by atoms with E-state index in [1.807, 2.05) is 0 Å². The second kappa shape index (κ2) is 4.19. The summed E-state index contributed by atoms with van der Waals surface area (Å²) < 4.78 is 1.46. The number of thiazole rings is 1. The van der Waals surface area contributed by atoms with Gasteiger partial charge in [0, 0.05) is 18.5 Å². The van der Waals surface area contributed by atoms with Gasteiger partial charge >= 0.3 is 5.82 Å². The molecule has 100 valence electrons. The molecule has 0 aliphatic carbocycles. The summed E-state index contributed by atoms with van der Waals surface area (Å²) in [5.41, 5.74) is 5.27. The van der Waals surface area contributed by atoms with Gasteiger partial charge in [-0.15, -0.1) is 0 Å². The number of carbonyl (C=O) groups is 1. The quantitative estimate of drug-likeness (QED) is 0.655. The van der Waals surface area contributed by atoms with Crippen LogP contribution in [-0.2, 0) is 4.79 Å². The molecule has 19 heavy (non-hydrogen) atoms. The lowest BCUT2D eigenvalue weighted by Gasteiger charge is -2.14. The van der Waals surface area contributed by atoms with Crippen LogP contribution in [0.4, 0.5) is 11.6 Å². The van der Waals surface area contributed by atoms with E-state index in [4.69, 9.17) is 5.73 Å². The fourth-order valence-electron chi connectivity index (χ4n) is 2.33. The molecule has 1 fully saturated rings. The highest BCUT2D eigenvalue weighted by Crippen LogP contribution is 2.33. The van der Waals surface area contributed by atoms with Gasteiger partial charge in [-0.05, 0) is 11.3 Å². The number of nitrogens with two attached hydrogens (primary N) is 1. The zero-order chi connectivity index (χ0) is 13.6. The van der Waals surface area contributed by atoms with Crippen LogP contribution in [0.25, 0.3) is 4.96 Å². The molecule has 0 bridgehead atoms. The van der Waals surface area contributed by atoms with E-state index in [1.54, 1.807) is 16.5 Å². The monoisotopic (exact) mass is 281 g/mol. The van der Waals surface area contributed by atoms with E-state index in [0.29, 0.717) is 30.3 Å². The van der Waals surface area contributed by atoms with Gasteiger partial charge < -0.3 is 20.7 Å².